The van der Waals surface area contributed by atoms with Crippen molar-refractivity contribution < 1.29 is 9.18 Å². The first-order valence-electron chi connectivity index (χ1n) is 4.79. The molecule has 1 aliphatic rings. The Morgan fingerprint density at radius 2 is 2.21 bits per heavy atom. The number of halogens is 2. The first kappa shape index (κ1) is 13.7. The van der Waals surface area contributed by atoms with Crippen LogP contribution >= 0.6 is 12.4 Å². The standard InChI is InChI=1S/C9H17FN2O.ClH/c1-7(11)9(13)12-5-3-2-4-8(10)6-12;/h7-8H,2-6,11H2,1H3;1H/t7-,8?;/m1./s1. The summed E-state index contributed by atoms with van der Waals surface area (Å²) in [5.41, 5.74) is 5.45. The van der Waals surface area contributed by atoms with E-state index in [4.69, 9.17) is 5.73 Å². The Labute approximate surface area is 90.2 Å². The maximum absolute atomic E-state index is 13.1. The van der Waals surface area contributed by atoms with Crippen molar-refractivity contribution in [3.05, 3.63) is 0 Å². The van der Waals surface area contributed by atoms with Crippen LogP contribution < -0.4 is 5.73 Å². The van der Waals surface area contributed by atoms with E-state index in [0.717, 1.165) is 12.8 Å². The van der Waals surface area contributed by atoms with Gasteiger partial charge in [-0.05, 0) is 26.2 Å². The van der Waals surface area contributed by atoms with Crippen molar-refractivity contribution in [3.63, 3.8) is 0 Å². The minimum absolute atomic E-state index is 0. The van der Waals surface area contributed by atoms with Crippen molar-refractivity contribution in [3.8, 4) is 0 Å². The molecule has 3 nitrogen and oxygen atoms in total. The van der Waals surface area contributed by atoms with Crippen molar-refractivity contribution in [2.24, 2.45) is 5.73 Å². The molecule has 1 rings (SSSR count). The largest absolute Gasteiger partial charge is 0.338 e. The zero-order chi connectivity index (χ0) is 9.84. The number of nitrogens with two attached hydrogens (primary N) is 1. The highest BCUT2D eigenvalue weighted by Crippen LogP contribution is 2.13. The van der Waals surface area contributed by atoms with Crippen LogP contribution in [0, 0.1) is 0 Å². The van der Waals surface area contributed by atoms with Crippen LogP contribution in [-0.2, 0) is 4.79 Å². The number of hydrogen-bond acceptors (Lipinski definition) is 2. The Morgan fingerprint density at radius 1 is 1.57 bits per heavy atom. The van der Waals surface area contributed by atoms with E-state index >= 15 is 0 Å². The van der Waals surface area contributed by atoms with E-state index in [9.17, 15) is 9.18 Å². The quantitative estimate of drug-likeness (QED) is 0.725. The zero-order valence-corrected chi connectivity index (χ0v) is 9.23. The van der Waals surface area contributed by atoms with Gasteiger partial charge in [0.2, 0.25) is 5.91 Å². The molecule has 0 aliphatic carbocycles. The maximum atomic E-state index is 13.1. The smallest absolute Gasteiger partial charge is 0.239 e. The fourth-order valence-electron chi connectivity index (χ4n) is 1.58. The number of carbonyl (C=O) groups excluding carboxylic acids is 1. The van der Waals surface area contributed by atoms with Gasteiger partial charge in [0.1, 0.15) is 6.17 Å². The summed E-state index contributed by atoms with van der Waals surface area (Å²) in [6.45, 7) is 2.52. The Bertz CT molecular complexity index is 190. The second-order valence-electron chi connectivity index (χ2n) is 3.67. The molecule has 0 aromatic heterocycles. The van der Waals surface area contributed by atoms with Gasteiger partial charge >= 0.3 is 0 Å². The summed E-state index contributed by atoms with van der Waals surface area (Å²) in [5, 5.41) is 0. The summed E-state index contributed by atoms with van der Waals surface area (Å²) in [6.07, 6.45) is 1.45. The van der Waals surface area contributed by atoms with Crippen molar-refractivity contribution in [1.29, 1.82) is 0 Å². The number of rotatable bonds is 1. The molecule has 14 heavy (non-hydrogen) atoms. The molecule has 1 saturated heterocycles. The molecule has 2 N–H and O–H groups in total. The number of alkyl halides is 1. The van der Waals surface area contributed by atoms with E-state index in [1.807, 2.05) is 0 Å². The predicted octanol–water partition coefficient (Wildman–Crippen LogP) is 1.11. The number of likely N-dealkylation sites (tertiary alicyclic amines) is 1. The van der Waals surface area contributed by atoms with E-state index in [-0.39, 0.29) is 24.9 Å². The molecule has 0 spiro atoms. The predicted molar refractivity (Wildman–Crippen MR) is 56.2 cm³/mol. The van der Waals surface area contributed by atoms with Gasteiger partial charge in [-0.1, -0.05) is 0 Å². The second kappa shape index (κ2) is 6.19. The molecule has 84 valence electrons. The Balaban J connectivity index is 0.00000169. The molecule has 0 aromatic rings. The average molecular weight is 225 g/mol. The maximum Gasteiger partial charge on any atom is 0.239 e. The minimum atomic E-state index is -0.870. The summed E-state index contributed by atoms with van der Waals surface area (Å²) in [6, 6.07) is -0.509. The van der Waals surface area contributed by atoms with E-state index < -0.39 is 12.2 Å². The molecular formula is C9H18ClFN2O. The first-order chi connectivity index (χ1) is 6.11. The van der Waals surface area contributed by atoms with Gasteiger partial charge in [0.15, 0.2) is 0 Å². The number of nitrogens with zero attached hydrogens (tertiary/aromatic N) is 1. The molecule has 0 bridgehead atoms. The Kier molecular flexibility index (Phi) is 6.04. The van der Waals surface area contributed by atoms with Crippen LogP contribution in [0.4, 0.5) is 4.39 Å². The molecule has 1 amide bonds. The highest BCUT2D eigenvalue weighted by molar-refractivity contribution is 5.85. The Morgan fingerprint density at radius 3 is 2.79 bits per heavy atom. The topological polar surface area (TPSA) is 46.3 Å². The van der Waals surface area contributed by atoms with Crippen molar-refractivity contribution >= 4 is 18.3 Å². The van der Waals surface area contributed by atoms with Gasteiger partial charge in [0, 0.05) is 6.54 Å². The fraction of sp³-hybridized carbons (Fsp3) is 0.889. The number of amides is 1. The van der Waals surface area contributed by atoms with Crippen LogP contribution in [-0.4, -0.2) is 36.1 Å². The Hall–Kier alpha value is -0.350. The zero-order valence-electron chi connectivity index (χ0n) is 8.41. The van der Waals surface area contributed by atoms with Crippen LogP contribution in [0.2, 0.25) is 0 Å². The molecule has 0 saturated carbocycles. The van der Waals surface area contributed by atoms with Crippen molar-refractivity contribution in [2.45, 2.75) is 38.4 Å². The highest BCUT2D eigenvalue weighted by Gasteiger charge is 2.23. The van der Waals surface area contributed by atoms with Crippen LogP contribution in [0.5, 0.6) is 0 Å². The third-order valence-electron chi connectivity index (χ3n) is 2.32. The molecule has 1 unspecified atom stereocenters. The summed E-state index contributed by atoms with van der Waals surface area (Å²) < 4.78 is 13.1. The van der Waals surface area contributed by atoms with Gasteiger partial charge in [-0.15, -0.1) is 12.4 Å². The van der Waals surface area contributed by atoms with E-state index in [2.05, 4.69) is 0 Å². The molecule has 1 fully saturated rings. The normalized spacial score (nSPS) is 24.8. The van der Waals surface area contributed by atoms with Gasteiger partial charge in [-0.3, -0.25) is 4.79 Å². The second-order valence-corrected chi connectivity index (χ2v) is 3.67. The third kappa shape index (κ3) is 3.80. The molecule has 0 aromatic carbocycles. The molecule has 2 atom stereocenters. The lowest BCUT2D eigenvalue weighted by Gasteiger charge is -2.23. The summed E-state index contributed by atoms with van der Waals surface area (Å²) in [5.74, 6) is -0.135. The summed E-state index contributed by atoms with van der Waals surface area (Å²) in [4.78, 5) is 13.0. The van der Waals surface area contributed by atoms with Crippen molar-refractivity contribution in [2.75, 3.05) is 13.1 Å². The van der Waals surface area contributed by atoms with Gasteiger partial charge in [-0.2, -0.15) is 0 Å². The lowest BCUT2D eigenvalue weighted by molar-refractivity contribution is -0.132. The van der Waals surface area contributed by atoms with E-state index in [0.29, 0.717) is 13.0 Å². The lowest BCUT2D eigenvalue weighted by Crippen LogP contribution is -2.44. The average Bonchev–Trinajstić information content (AvgIpc) is 2.28. The molecular weight excluding hydrogens is 207 g/mol. The SMILES string of the molecule is C[C@@H](N)C(=O)N1CCCCC(F)C1.Cl. The minimum Gasteiger partial charge on any atom is -0.338 e. The summed E-state index contributed by atoms with van der Waals surface area (Å²) >= 11 is 0. The van der Waals surface area contributed by atoms with Crippen LogP contribution in [0.1, 0.15) is 26.2 Å². The number of carbonyl (C=O) groups is 1. The van der Waals surface area contributed by atoms with Crippen LogP contribution in [0.3, 0.4) is 0 Å². The lowest BCUT2D eigenvalue weighted by atomic mass is 10.2. The van der Waals surface area contributed by atoms with Gasteiger partial charge in [-0.25, -0.2) is 4.39 Å². The molecule has 1 heterocycles. The van der Waals surface area contributed by atoms with Gasteiger partial charge in [0.25, 0.3) is 0 Å². The monoisotopic (exact) mass is 224 g/mol. The third-order valence-corrected chi connectivity index (χ3v) is 2.32. The highest BCUT2D eigenvalue weighted by atomic mass is 35.5. The van der Waals surface area contributed by atoms with Gasteiger partial charge in [0.05, 0.1) is 12.6 Å². The number of hydrogen-bond donors (Lipinski definition) is 1. The molecule has 0 radical (unpaired) electrons. The fourth-order valence-corrected chi connectivity index (χ4v) is 1.58. The van der Waals surface area contributed by atoms with Crippen LogP contribution in [0.25, 0.3) is 0 Å². The van der Waals surface area contributed by atoms with Gasteiger partial charge < -0.3 is 10.6 Å². The van der Waals surface area contributed by atoms with E-state index in [1.165, 1.54) is 0 Å². The van der Waals surface area contributed by atoms with Crippen LogP contribution in [0.15, 0.2) is 0 Å². The molecule has 5 heteroatoms. The first-order valence-corrected chi connectivity index (χ1v) is 4.79. The summed E-state index contributed by atoms with van der Waals surface area (Å²) in [7, 11) is 0. The van der Waals surface area contributed by atoms with E-state index in [1.54, 1.807) is 11.8 Å². The van der Waals surface area contributed by atoms with Crippen molar-refractivity contribution in [1.82, 2.24) is 4.90 Å². The molecule has 1 aliphatic heterocycles.